The molecule has 126 valence electrons. The Morgan fingerprint density at radius 2 is 2.09 bits per heavy atom. The molecule has 0 unspecified atom stereocenters. The third kappa shape index (κ3) is 2.41. The van der Waals surface area contributed by atoms with E-state index in [1.165, 1.54) is 30.4 Å². The molecule has 23 heavy (non-hydrogen) atoms. The molecule has 0 radical (unpaired) electrons. The Morgan fingerprint density at radius 3 is 2.87 bits per heavy atom. The summed E-state index contributed by atoms with van der Waals surface area (Å²) in [5, 5.41) is 20.5. The van der Waals surface area contributed by atoms with E-state index in [9.17, 15) is 10.2 Å². The van der Waals surface area contributed by atoms with E-state index in [0.29, 0.717) is 23.0 Å². The number of hydrogen-bond acceptors (Lipinski definition) is 2. The minimum atomic E-state index is -0.0828. The van der Waals surface area contributed by atoms with Crippen LogP contribution in [0.15, 0.2) is 12.1 Å². The monoisotopic (exact) mass is 314 g/mol. The number of aliphatic hydroxyl groups is 1. The first-order valence-corrected chi connectivity index (χ1v) is 9.54. The molecule has 4 rings (SSSR count). The van der Waals surface area contributed by atoms with Gasteiger partial charge >= 0.3 is 0 Å². The number of fused-ring (bicyclic) bond motifs is 5. The number of benzene rings is 1. The highest BCUT2D eigenvalue weighted by Gasteiger charge is 2.52. The van der Waals surface area contributed by atoms with Crippen LogP contribution < -0.4 is 0 Å². The van der Waals surface area contributed by atoms with E-state index in [4.69, 9.17) is 0 Å². The summed E-state index contributed by atoms with van der Waals surface area (Å²) < 4.78 is 0. The summed E-state index contributed by atoms with van der Waals surface area (Å²) in [5.41, 5.74) is 4.39. The predicted molar refractivity (Wildman–Crippen MR) is 92.7 cm³/mol. The summed E-state index contributed by atoms with van der Waals surface area (Å²) in [6.45, 7) is 4.59. The fraction of sp³-hybridized carbons (Fsp3) is 0.714. The maximum Gasteiger partial charge on any atom is 0.119 e. The molecule has 3 aliphatic rings. The van der Waals surface area contributed by atoms with Crippen LogP contribution in [0.4, 0.5) is 0 Å². The largest absolute Gasteiger partial charge is 0.508 e. The van der Waals surface area contributed by atoms with Gasteiger partial charge in [0.05, 0.1) is 6.10 Å². The number of phenols is 1. The minimum Gasteiger partial charge on any atom is -0.508 e. The van der Waals surface area contributed by atoms with E-state index in [-0.39, 0.29) is 6.10 Å². The lowest BCUT2D eigenvalue weighted by atomic mass is 9.56. The molecule has 1 aromatic carbocycles. The first kappa shape index (κ1) is 15.5. The molecule has 0 amide bonds. The zero-order valence-electron chi connectivity index (χ0n) is 14.5. The van der Waals surface area contributed by atoms with Crippen LogP contribution >= 0.6 is 0 Å². The van der Waals surface area contributed by atoms with E-state index in [1.807, 2.05) is 6.07 Å². The highest BCUT2D eigenvalue weighted by molar-refractivity contribution is 5.45. The Labute approximate surface area is 139 Å². The van der Waals surface area contributed by atoms with Gasteiger partial charge in [0.1, 0.15) is 5.75 Å². The average molecular weight is 314 g/mol. The molecular weight excluding hydrogens is 284 g/mol. The lowest BCUT2D eigenvalue weighted by molar-refractivity contribution is 0.0595. The van der Waals surface area contributed by atoms with Crippen LogP contribution in [0.3, 0.4) is 0 Å². The van der Waals surface area contributed by atoms with Crippen molar-refractivity contribution in [3.05, 3.63) is 28.8 Å². The molecule has 2 saturated carbocycles. The van der Waals surface area contributed by atoms with Gasteiger partial charge in [0, 0.05) is 0 Å². The molecule has 2 N–H and O–H groups in total. The zero-order valence-corrected chi connectivity index (χ0v) is 14.5. The van der Waals surface area contributed by atoms with Crippen LogP contribution in [0.25, 0.3) is 0 Å². The Kier molecular flexibility index (Phi) is 3.72. The Morgan fingerprint density at radius 1 is 1.26 bits per heavy atom. The summed E-state index contributed by atoms with van der Waals surface area (Å²) >= 11 is 0. The molecule has 2 nitrogen and oxygen atoms in total. The fourth-order valence-corrected chi connectivity index (χ4v) is 6.15. The van der Waals surface area contributed by atoms with E-state index >= 15 is 0 Å². The number of rotatable bonds is 2. The number of phenolic OH excluding ortho intramolecular Hbond substituents is 1. The van der Waals surface area contributed by atoms with E-state index in [0.717, 1.165) is 43.6 Å². The molecule has 5 atom stereocenters. The molecule has 0 aliphatic heterocycles. The zero-order chi connectivity index (χ0) is 16.2. The number of hydrogen-bond donors (Lipinski definition) is 2. The molecule has 0 bridgehead atoms. The van der Waals surface area contributed by atoms with Crippen molar-refractivity contribution in [2.75, 3.05) is 0 Å². The molecule has 0 spiro atoms. The van der Waals surface area contributed by atoms with Crippen molar-refractivity contribution in [1.29, 1.82) is 0 Å². The van der Waals surface area contributed by atoms with Gasteiger partial charge < -0.3 is 10.2 Å². The second-order valence-electron chi connectivity index (χ2n) is 8.63. The first-order chi connectivity index (χ1) is 11.0. The standard InChI is InChI=1S/C21H30O2/c1-3-4-14-9-18-13(10-20(14)23)5-6-17-16(18)7-8-21(2)12-15(22)11-19(17)21/h9-10,15-17,19,22-23H,3-8,11-12H2,1-2H3/t15-,16-,17+,19-,21+/m0/s1. The predicted octanol–water partition coefficient (Wildman–Crippen LogP) is 4.56. The van der Waals surface area contributed by atoms with Gasteiger partial charge in [0.15, 0.2) is 0 Å². The fourth-order valence-electron chi connectivity index (χ4n) is 6.15. The summed E-state index contributed by atoms with van der Waals surface area (Å²) in [5.74, 6) is 2.57. The number of aryl methyl sites for hydroxylation is 2. The van der Waals surface area contributed by atoms with Gasteiger partial charge in [-0.05, 0) is 90.9 Å². The highest BCUT2D eigenvalue weighted by Crippen LogP contribution is 2.61. The molecule has 1 aromatic rings. The van der Waals surface area contributed by atoms with Crippen molar-refractivity contribution >= 4 is 0 Å². The van der Waals surface area contributed by atoms with Crippen LogP contribution in [0, 0.1) is 17.3 Å². The average Bonchev–Trinajstić information content (AvgIpc) is 2.82. The topological polar surface area (TPSA) is 40.5 Å². The molecule has 0 heterocycles. The van der Waals surface area contributed by atoms with Crippen molar-refractivity contribution in [1.82, 2.24) is 0 Å². The van der Waals surface area contributed by atoms with Gasteiger partial charge in [-0.25, -0.2) is 0 Å². The maximum atomic E-state index is 10.3. The summed E-state index contributed by atoms with van der Waals surface area (Å²) in [6.07, 6.45) is 8.81. The van der Waals surface area contributed by atoms with Gasteiger partial charge in [0.2, 0.25) is 0 Å². The van der Waals surface area contributed by atoms with Crippen molar-refractivity contribution in [2.45, 2.75) is 77.2 Å². The molecule has 2 fully saturated rings. The molecule has 2 heteroatoms. The van der Waals surface area contributed by atoms with Crippen LogP contribution in [-0.2, 0) is 12.8 Å². The molecule has 0 aromatic heterocycles. The first-order valence-electron chi connectivity index (χ1n) is 9.54. The smallest absolute Gasteiger partial charge is 0.119 e. The Balaban J connectivity index is 1.70. The second kappa shape index (κ2) is 5.51. The summed E-state index contributed by atoms with van der Waals surface area (Å²) in [7, 11) is 0. The second-order valence-corrected chi connectivity index (χ2v) is 8.63. The van der Waals surface area contributed by atoms with Crippen molar-refractivity contribution in [2.24, 2.45) is 17.3 Å². The van der Waals surface area contributed by atoms with Crippen LogP contribution in [0.2, 0.25) is 0 Å². The van der Waals surface area contributed by atoms with E-state index in [1.54, 1.807) is 0 Å². The summed E-state index contributed by atoms with van der Waals surface area (Å²) in [6, 6.07) is 4.37. The molecule has 3 aliphatic carbocycles. The highest BCUT2D eigenvalue weighted by atomic mass is 16.3. The van der Waals surface area contributed by atoms with Crippen LogP contribution in [-0.4, -0.2) is 16.3 Å². The van der Waals surface area contributed by atoms with Gasteiger partial charge in [-0.15, -0.1) is 0 Å². The van der Waals surface area contributed by atoms with Gasteiger partial charge in [0.25, 0.3) is 0 Å². The SMILES string of the molecule is CCCc1cc2c(cc1O)CC[C@@H]1[C@@H]2CC[C@]2(C)C[C@@H](O)C[C@@H]12. The third-order valence-corrected chi connectivity index (χ3v) is 7.19. The molecule has 0 saturated heterocycles. The van der Waals surface area contributed by atoms with Gasteiger partial charge in [-0.2, -0.15) is 0 Å². The van der Waals surface area contributed by atoms with E-state index < -0.39 is 0 Å². The number of aromatic hydroxyl groups is 1. The Bertz CT molecular complexity index is 608. The van der Waals surface area contributed by atoms with Crippen molar-refractivity contribution in [3.63, 3.8) is 0 Å². The van der Waals surface area contributed by atoms with Crippen LogP contribution in [0.5, 0.6) is 5.75 Å². The number of aliphatic hydroxyl groups excluding tert-OH is 1. The third-order valence-electron chi connectivity index (χ3n) is 7.19. The lowest BCUT2D eigenvalue weighted by Crippen LogP contribution is -2.39. The van der Waals surface area contributed by atoms with Crippen molar-refractivity contribution in [3.8, 4) is 5.75 Å². The maximum absolute atomic E-state index is 10.3. The van der Waals surface area contributed by atoms with Crippen molar-refractivity contribution < 1.29 is 10.2 Å². The quantitative estimate of drug-likeness (QED) is 0.840. The summed E-state index contributed by atoms with van der Waals surface area (Å²) in [4.78, 5) is 0. The van der Waals surface area contributed by atoms with Gasteiger partial charge in [-0.3, -0.25) is 0 Å². The van der Waals surface area contributed by atoms with Crippen LogP contribution in [0.1, 0.15) is 75.0 Å². The lowest BCUT2D eigenvalue weighted by Gasteiger charge is -2.49. The normalized spacial score (nSPS) is 38.7. The minimum absolute atomic E-state index is 0.0828. The van der Waals surface area contributed by atoms with E-state index in [2.05, 4.69) is 19.9 Å². The Hall–Kier alpha value is -1.02. The van der Waals surface area contributed by atoms with Gasteiger partial charge in [-0.1, -0.05) is 26.3 Å². The molecular formula is C21H30O2.